The zero-order valence-electron chi connectivity index (χ0n) is 30.0. The van der Waals surface area contributed by atoms with Crippen molar-refractivity contribution in [3.05, 3.63) is 164 Å². The summed E-state index contributed by atoms with van der Waals surface area (Å²) in [6.07, 6.45) is 0. The Hall–Kier alpha value is -7.55. The molecule has 0 aliphatic carbocycles. The van der Waals surface area contributed by atoms with E-state index in [1.807, 2.05) is 109 Å². The molecule has 12 rings (SSSR count). The minimum absolute atomic E-state index is 0.558. The van der Waals surface area contributed by atoms with Crippen LogP contribution in [0.3, 0.4) is 0 Å². The van der Waals surface area contributed by atoms with Crippen molar-refractivity contribution in [1.82, 2.24) is 24.9 Å². The van der Waals surface area contributed by atoms with E-state index in [0.717, 1.165) is 76.6 Å². The first-order valence-electron chi connectivity index (χ1n) is 18.7. The average Bonchev–Trinajstić information content (AvgIpc) is 3.98. The first-order valence-corrected chi connectivity index (χ1v) is 19.5. The fourth-order valence-electron chi connectivity index (χ4n) is 7.92. The summed E-state index contributed by atoms with van der Waals surface area (Å²) in [6.45, 7) is 0. The molecule has 0 aliphatic heterocycles. The zero-order chi connectivity index (χ0) is 37.5. The molecule has 0 fully saturated rings. The molecule has 0 unspecified atom stereocenters. The van der Waals surface area contributed by atoms with Crippen LogP contribution >= 0.6 is 11.3 Å². The molecule has 0 N–H and O–H groups in total. The van der Waals surface area contributed by atoms with Crippen LogP contribution in [0.15, 0.2) is 173 Å². The third-order valence-electron chi connectivity index (χ3n) is 10.6. The highest BCUT2D eigenvalue weighted by Crippen LogP contribution is 2.44. The summed E-state index contributed by atoms with van der Waals surface area (Å²) >= 11 is 1.77. The standard InChI is InChI=1S/C49H27N5O2S/c1-3-13-28(14-4-1)46-52-47(29-15-5-2-6-16-29)54-49(53-46)34-20-12-23-39-41(34)36-27-30(25-26-38(36)55-39)48-50-42-33-18-7-9-22-37(33)56-44(42)43(51-48)35-21-11-19-32-31-17-8-10-24-40(31)57-45(32)35/h1-27H. The van der Waals surface area contributed by atoms with E-state index in [0.29, 0.717) is 28.9 Å². The molecule has 0 aliphatic rings. The number of rotatable bonds is 5. The first kappa shape index (κ1) is 31.8. The molecule has 0 saturated carbocycles. The normalized spacial score (nSPS) is 11.9. The van der Waals surface area contributed by atoms with Crippen molar-refractivity contribution >= 4 is 75.5 Å². The zero-order valence-corrected chi connectivity index (χ0v) is 30.9. The largest absolute Gasteiger partial charge is 0.456 e. The van der Waals surface area contributed by atoms with Gasteiger partial charge in [0.2, 0.25) is 0 Å². The summed E-state index contributed by atoms with van der Waals surface area (Å²) in [5.74, 6) is 2.34. The smallest absolute Gasteiger partial charge is 0.180 e. The van der Waals surface area contributed by atoms with E-state index >= 15 is 0 Å². The Bertz CT molecular complexity index is 3480. The highest BCUT2D eigenvalue weighted by atomic mass is 32.1. The summed E-state index contributed by atoms with van der Waals surface area (Å²) in [5.41, 5.74) is 8.96. The van der Waals surface area contributed by atoms with Gasteiger partial charge >= 0.3 is 0 Å². The summed E-state index contributed by atoms with van der Waals surface area (Å²) in [4.78, 5) is 25.6. The van der Waals surface area contributed by atoms with Crippen molar-refractivity contribution < 1.29 is 8.83 Å². The van der Waals surface area contributed by atoms with Gasteiger partial charge in [0.15, 0.2) is 28.9 Å². The highest BCUT2D eigenvalue weighted by Gasteiger charge is 2.23. The molecule has 0 amide bonds. The fraction of sp³-hybridized carbons (Fsp3) is 0. The maximum atomic E-state index is 6.56. The topological polar surface area (TPSA) is 90.7 Å². The quantitative estimate of drug-likeness (QED) is 0.173. The van der Waals surface area contributed by atoms with Gasteiger partial charge in [0.25, 0.3) is 0 Å². The number of para-hydroxylation sites is 1. The molecule has 0 atom stereocenters. The summed E-state index contributed by atoms with van der Waals surface area (Å²) < 4.78 is 15.4. The molecule has 0 radical (unpaired) electrons. The van der Waals surface area contributed by atoms with Gasteiger partial charge in [-0.25, -0.2) is 24.9 Å². The second-order valence-electron chi connectivity index (χ2n) is 14.0. The molecule has 266 valence electrons. The Balaban J connectivity index is 1.09. The van der Waals surface area contributed by atoms with Gasteiger partial charge in [-0.15, -0.1) is 11.3 Å². The Morgan fingerprint density at radius 3 is 1.81 bits per heavy atom. The van der Waals surface area contributed by atoms with Gasteiger partial charge in [-0.1, -0.05) is 121 Å². The first-order chi connectivity index (χ1) is 28.2. The summed E-state index contributed by atoms with van der Waals surface area (Å²) in [6, 6.07) is 55.2. The van der Waals surface area contributed by atoms with Crippen LogP contribution in [-0.2, 0) is 0 Å². The van der Waals surface area contributed by atoms with Gasteiger partial charge in [0.05, 0.1) is 0 Å². The fourth-order valence-corrected chi connectivity index (χ4v) is 9.13. The number of hydrogen-bond donors (Lipinski definition) is 0. The minimum Gasteiger partial charge on any atom is -0.456 e. The second kappa shape index (κ2) is 12.5. The van der Waals surface area contributed by atoms with Crippen LogP contribution in [0.2, 0.25) is 0 Å². The van der Waals surface area contributed by atoms with E-state index in [2.05, 4.69) is 54.6 Å². The van der Waals surface area contributed by atoms with Crippen molar-refractivity contribution in [3.63, 3.8) is 0 Å². The number of benzene rings is 7. The third-order valence-corrected chi connectivity index (χ3v) is 11.8. The van der Waals surface area contributed by atoms with Gasteiger partial charge < -0.3 is 8.83 Å². The van der Waals surface area contributed by atoms with Crippen LogP contribution in [0.5, 0.6) is 0 Å². The number of thiophene rings is 1. The highest BCUT2D eigenvalue weighted by molar-refractivity contribution is 7.26. The third kappa shape index (κ3) is 5.08. The van der Waals surface area contributed by atoms with Crippen LogP contribution in [0.4, 0.5) is 0 Å². The van der Waals surface area contributed by atoms with Gasteiger partial charge in [-0.2, -0.15) is 0 Å². The molecule has 7 aromatic carbocycles. The van der Waals surface area contributed by atoms with Crippen molar-refractivity contribution in [3.8, 4) is 56.8 Å². The van der Waals surface area contributed by atoms with E-state index in [4.69, 9.17) is 33.8 Å². The molecule has 5 heterocycles. The number of furan rings is 2. The van der Waals surface area contributed by atoms with Gasteiger partial charge in [0, 0.05) is 64.1 Å². The van der Waals surface area contributed by atoms with E-state index in [9.17, 15) is 0 Å². The SMILES string of the molecule is c1ccc(-c2nc(-c3ccccc3)nc(-c3cccc4oc5ccc(-c6nc(-c7cccc8c7sc7ccccc78)c7oc8ccccc8c7n6)cc5c34)n2)cc1. The Morgan fingerprint density at radius 2 is 1.00 bits per heavy atom. The van der Waals surface area contributed by atoms with Crippen molar-refractivity contribution in [2.45, 2.75) is 0 Å². The van der Waals surface area contributed by atoms with Crippen molar-refractivity contribution in [2.24, 2.45) is 0 Å². The predicted molar refractivity (Wildman–Crippen MR) is 230 cm³/mol. The number of nitrogens with zero attached hydrogens (tertiary/aromatic N) is 5. The lowest BCUT2D eigenvalue weighted by Crippen LogP contribution is -2.00. The maximum Gasteiger partial charge on any atom is 0.180 e. The Labute approximate surface area is 328 Å². The lowest BCUT2D eigenvalue weighted by molar-refractivity contribution is 0.667. The molecule has 12 aromatic rings. The molecular formula is C49H27N5O2S. The van der Waals surface area contributed by atoms with Crippen LogP contribution in [0.25, 0.3) is 121 Å². The van der Waals surface area contributed by atoms with Crippen LogP contribution in [0, 0.1) is 0 Å². The monoisotopic (exact) mass is 749 g/mol. The van der Waals surface area contributed by atoms with Gasteiger partial charge in [0.1, 0.15) is 28.0 Å². The van der Waals surface area contributed by atoms with E-state index in [1.54, 1.807) is 11.3 Å². The molecule has 0 saturated heterocycles. The molecule has 5 aromatic heterocycles. The van der Waals surface area contributed by atoms with Gasteiger partial charge in [-0.3, -0.25) is 0 Å². The number of fused-ring (bicyclic) bond motifs is 9. The van der Waals surface area contributed by atoms with Gasteiger partial charge in [-0.05, 0) is 42.5 Å². The Morgan fingerprint density at radius 1 is 0.386 bits per heavy atom. The lowest BCUT2D eigenvalue weighted by atomic mass is 10.0. The second-order valence-corrected chi connectivity index (χ2v) is 15.0. The van der Waals surface area contributed by atoms with E-state index in [1.165, 1.54) is 15.5 Å². The number of hydrogen-bond acceptors (Lipinski definition) is 8. The maximum absolute atomic E-state index is 6.56. The minimum atomic E-state index is 0.558. The van der Waals surface area contributed by atoms with E-state index < -0.39 is 0 Å². The number of aromatic nitrogens is 5. The molecule has 7 nitrogen and oxygen atoms in total. The van der Waals surface area contributed by atoms with Crippen LogP contribution in [0.1, 0.15) is 0 Å². The van der Waals surface area contributed by atoms with Crippen LogP contribution in [-0.4, -0.2) is 24.9 Å². The molecular weight excluding hydrogens is 723 g/mol. The molecule has 0 spiro atoms. The molecule has 8 heteroatoms. The predicted octanol–water partition coefficient (Wildman–Crippen LogP) is 13.2. The Kier molecular flexibility index (Phi) is 6.96. The average molecular weight is 750 g/mol. The lowest BCUT2D eigenvalue weighted by Gasteiger charge is -2.09. The summed E-state index contributed by atoms with van der Waals surface area (Å²) in [7, 11) is 0. The van der Waals surface area contributed by atoms with Crippen molar-refractivity contribution in [1.29, 1.82) is 0 Å². The van der Waals surface area contributed by atoms with Crippen LogP contribution < -0.4 is 0 Å². The molecule has 57 heavy (non-hydrogen) atoms. The molecule has 0 bridgehead atoms. The van der Waals surface area contributed by atoms with Crippen molar-refractivity contribution in [2.75, 3.05) is 0 Å². The summed E-state index contributed by atoms with van der Waals surface area (Å²) in [5, 5.41) is 5.18. The van der Waals surface area contributed by atoms with E-state index in [-0.39, 0.29) is 0 Å².